The predicted octanol–water partition coefficient (Wildman–Crippen LogP) is 3.54. The minimum atomic E-state index is -2.48. The minimum absolute atomic E-state index is 0.0885. The van der Waals surface area contributed by atoms with Gasteiger partial charge in [-0.3, -0.25) is 4.79 Å². The van der Waals surface area contributed by atoms with E-state index in [4.69, 9.17) is 9.47 Å². The molecular weight excluding hydrogens is 322 g/mol. The van der Waals surface area contributed by atoms with Gasteiger partial charge in [-0.1, -0.05) is 15.9 Å². The second-order valence-corrected chi connectivity index (χ2v) is 5.41. The van der Waals surface area contributed by atoms with Crippen LogP contribution in [0, 0.1) is 0 Å². The molecule has 19 heavy (non-hydrogen) atoms. The zero-order chi connectivity index (χ0) is 14.0. The summed E-state index contributed by atoms with van der Waals surface area (Å²) in [6, 6.07) is 3.14. The molecule has 1 aliphatic rings. The number of rotatable bonds is 6. The zero-order valence-electron chi connectivity index (χ0n) is 10.3. The molecule has 2 rings (SSSR count). The Labute approximate surface area is 118 Å². The number of halogens is 3. The summed E-state index contributed by atoms with van der Waals surface area (Å²) in [6.07, 6.45) is -1.10. The van der Waals surface area contributed by atoms with Crippen LogP contribution in [-0.2, 0) is 10.2 Å². The van der Waals surface area contributed by atoms with Gasteiger partial charge in [0.05, 0.1) is 11.0 Å². The van der Waals surface area contributed by atoms with Crippen molar-refractivity contribution in [1.29, 1.82) is 0 Å². The zero-order valence-corrected chi connectivity index (χ0v) is 11.9. The Balaban J connectivity index is 2.51. The van der Waals surface area contributed by atoms with Crippen molar-refractivity contribution >= 4 is 22.2 Å². The molecule has 104 valence electrons. The molecule has 0 amide bonds. The van der Waals surface area contributed by atoms with Crippen molar-refractivity contribution in [3.05, 3.63) is 27.7 Å². The third-order valence-corrected chi connectivity index (χ3v) is 3.73. The number of methoxy groups -OCH3 is 1. The molecule has 0 spiro atoms. The molecule has 1 aliphatic carbocycles. The van der Waals surface area contributed by atoms with Crippen molar-refractivity contribution in [2.24, 2.45) is 0 Å². The van der Waals surface area contributed by atoms with Crippen LogP contribution < -0.4 is 4.74 Å². The first kappa shape index (κ1) is 14.4. The van der Waals surface area contributed by atoms with E-state index in [1.54, 1.807) is 12.1 Å². The molecule has 0 N–H and O–H groups in total. The van der Waals surface area contributed by atoms with E-state index in [-0.39, 0.29) is 18.1 Å². The molecule has 1 aromatic carbocycles. The highest BCUT2D eigenvalue weighted by Gasteiger charge is 2.54. The third-order valence-electron chi connectivity index (χ3n) is 3.27. The van der Waals surface area contributed by atoms with E-state index in [9.17, 15) is 13.6 Å². The lowest BCUT2D eigenvalue weighted by Crippen LogP contribution is -2.20. The lowest BCUT2D eigenvalue weighted by molar-refractivity contribution is 0.0465. The number of hydrogen-bond acceptors (Lipinski definition) is 3. The maximum absolute atomic E-state index is 13.2. The average Bonchev–Trinajstić information content (AvgIpc) is 3.17. The van der Waals surface area contributed by atoms with E-state index < -0.39 is 11.8 Å². The molecule has 0 aliphatic heterocycles. The first-order valence-corrected chi connectivity index (χ1v) is 6.53. The molecule has 1 aromatic rings. The van der Waals surface area contributed by atoms with E-state index in [0.29, 0.717) is 29.2 Å². The summed E-state index contributed by atoms with van der Waals surface area (Å²) < 4.78 is 37.2. The Morgan fingerprint density at radius 2 is 2.16 bits per heavy atom. The van der Waals surface area contributed by atoms with Crippen molar-refractivity contribution in [2.45, 2.75) is 24.7 Å². The van der Waals surface area contributed by atoms with Crippen LogP contribution in [0.4, 0.5) is 8.78 Å². The van der Waals surface area contributed by atoms with E-state index in [0.717, 1.165) is 0 Å². The maximum Gasteiger partial charge on any atom is 0.248 e. The van der Waals surface area contributed by atoms with Gasteiger partial charge in [-0.05, 0) is 25.0 Å². The van der Waals surface area contributed by atoms with E-state index in [1.807, 2.05) is 0 Å². The molecular formula is C13H13BrF2O3. The van der Waals surface area contributed by atoms with Crippen molar-refractivity contribution in [3.8, 4) is 5.75 Å². The number of hydrogen-bond donors (Lipinski definition) is 0. The van der Waals surface area contributed by atoms with Gasteiger partial charge in [-0.15, -0.1) is 0 Å². The standard InChI is InChI=1S/C13H13BrF2O3/c1-18-7-19-11-8(6-17)4-9(14)5-10(11)13(2-3-13)12(15)16/h4-6,12H,2-3,7H2,1H3. The van der Waals surface area contributed by atoms with Gasteiger partial charge in [0.25, 0.3) is 0 Å². The smallest absolute Gasteiger partial charge is 0.248 e. The summed E-state index contributed by atoms with van der Waals surface area (Å²) in [6.45, 7) is -0.0885. The Kier molecular flexibility index (Phi) is 4.20. The third kappa shape index (κ3) is 2.65. The fourth-order valence-electron chi connectivity index (χ4n) is 2.09. The average molecular weight is 335 g/mol. The Morgan fingerprint density at radius 1 is 1.47 bits per heavy atom. The molecule has 1 saturated carbocycles. The lowest BCUT2D eigenvalue weighted by Gasteiger charge is -2.20. The highest BCUT2D eigenvalue weighted by atomic mass is 79.9. The number of ether oxygens (including phenoxy) is 2. The number of alkyl halides is 2. The molecule has 0 atom stereocenters. The molecule has 0 bridgehead atoms. The van der Waals surface area contributed by atoms with Crippen molar-refractivity contribution in [2.75, 3.05) is 13.9 Å². The monoisotopic (exact) mass is 334 g/mol. The largest absolute Gasteiger partial charge is 0.466 e. The van der Waals surface area contributed by atoms with Gasteiger partial charge in [0, 0.05) is 17.1 Å². The molecule has 3 nitrogen and oxygen atoms in total. The van der Waals surface area contributed by atoms with Crippen LogP contribution in [0.25, 0.3) is 0 Å². The lowest BCUT2D eigenvalue weighted by atomic mass is 9.93. The van der Waals surface area contributed by atoms with Crippen molar-refractivity contribution < 1.29 is 23.0 Å². The Bertz CT molecular complexity index is 487. The number of carbonyl (C=O) groups excluding carboxylic acids is 1. The van der Waals surface area contributed by atoms with Gasteiger partial charge < -0.3 is 9.47 Å². The Morgan fingerprint density at radius 3 is 2.63 bits per heavy atom. The van der Waals surface area contributed by atoms with Gasteiger partial charge in [-0.25, -0.2) is 8.78 Å². The minimum Gasteiger partial charge on any atom is -0.466 e. The van der Waals surface area contributed by atoms with Crippen LogP contribution in [0.3, 0.4) is 0 Å². The normalized spacial score (nSPS) is 16.5. The Hall–Kier alpha value is -1.01. The molecule has 1 fully saturated rings. The molecule has 0 unspecified atom stereocenters. The van der Waals surface area contributed by atoms with Crippen molar-refractivity contribution in [1.82, 2.24) is 0 Å². The fraction of sp³-hybridized carbons (Fsp3) is 0.462. The van der Waals surface area contributed by atoms with Crippen LogP contribution in [0.1, 0.15) is 28.8 Å². The fourth-order valence-corrected chi connectivity index (χ4v) is 2.57. The molecule has 0 radical (unpaired) electrons. The van der Waals surface area contributed by atoms with Gasteiger partial charge >= 0.3 is 0 Å². The second kappa shape index (κ2) is 5.54. The van der Waals surface area contributed by atoms with Gasteiger partial charge in [0.15, 0.2) is 13.1 Å². The van der Waals surface area contributed by atoms with E-state index in [1.165, 1.54) is 7.11 Å². The number of aldehydes is 1. The quantitative estimate of drug-likeness (QED) is 0.589. The first-order valence-electron chi connectivity index (χ1n) is 5.74. The van der Waals surface area contributed by atoms with E-state index >= 15 is 0 Å². The molecule has 0 aromatic heterocycles. The van der Waals surface area contributed by atoms with Gasteiger partial charge in [0.1, 0.15) is 5.75 Å². The summed E-state index contributed by atoms with van der Waals surface area (Å²) in [7, 11) is 1.43. The summed E-state index contributed by atoms with van der Waals surface area (Å²) in [4.78, 5) is 11.1. The number of benzene rings is 1. The highest BCUT2D eigenvalue weighted by molar-refractivity contribution is 9.10. The van der Waals surface area contributed by atoms with E-state index in [2.05, 4.69) is 15.9 Å². The van der Waals surface area contributed by atoms with Gasteiger partial charge in [0.2, 0.25) is 6.43 Å². The number of carbonyl (C=O) groups is 1. The van der Waals surface area contributed by atoms with Crippen LogP contribution >= 0.6 is 15.9 Å². The molecule has 6 heteroatoms. The summed E-state index contributed by atoms with van der Waals surface area (Å²) >= 11 is 3.23. The molecule has 0 saturated heterocycles. The second-order valence-electron chi connectivity index (χ2n) is 4.50. The van der Waals surface area contributed by atoms with Crippen molar-refractivity contribution in [3.63, 3.8) is 0 Å². The van der Waals surface area contributed by atoms with Crippen LogP contribution in [0.15, 0.2) is 16.6 Å². The summed E-state index contributed by atoms with van der Waals surface area (Å²) in [5.41, 5.74) is -0.575. The first-order chi connectivity index (χ1) is 9.05. The van der Waals surface area contributed by atoms with Crippen LogP contribution in [0.5, 0.6) is 5.75 Å². The highest BCUT2D eigenvalue weighted by Crippen LogP contribution is 2.56. The predicted molar refractivity (Wildman–Crippen MR) is 68.9 cm³/mol. The topological polar surface area (TPSA) is 35.5 Å². The maximum atomic E-state index is 13.2. The van der Waals surface area contributed by atoms with Crippen LogP contribution in [0.2, 0.25) is 0 Å². The van der Waals surface area contributed by atoms with Gasteiger partial charge in [-0.2, -0.15) is 0 Å². The summed E-state index contributed by atoms with van der Waals surface area (Å²) in [5.74, 6) is 0.192. The SMILES string of the molecule is COCOc1c(C=O)cc(Br)cc1C1(C(F)F)CC1. The summed E-state index contributed by atoms with van der Waals surface area (Å²) in [5, 5.41) is 0. The molecule has 0 heterocycles. The van der Waals surface area contributed by atoms with Crippen LogP contribution in [-0.4, -0.2) is 26.6 Å².